The molecule has 1 aliphatic rings. The van der Waals surface area contributed by atoms with Gasteiger partial charge in [0, 0.05) is 20.0 Å². The molecule has 5 heteroatoms. The first-order valence-electron chi connectivity index (χ1n) is 4.62. The van der Waals surface area contributed by atoms with Crippen LogP contribution >= 0.6 is 17.1 Å². The van der Waals surface area contributed by atoms with E-state index in [4.69, 9.17) is 4.52 Å². The standard InChI is InChI=1S/C8H18O2PS2/c1-10-11(9,12-2)13-8-6-4-3-5-7-8/h8-9H,3-7H2,1-2H3/q+1. The summed E-state index contributed by atoms with van der Waals surface area (Å²) in [6, 6.07) is 0. The Morgan fingerprint density at radius 1 is 1.38 bits per heavy atom. The van der Waals surface area contributed by atoms with Gasteiger partial charge in [-0.15, -0.1) is 0 Å². The summed E-state index contributed by atoms with van der Waals surface area (Å²) >= 11 is 1.47. The number of hydrogen-bond acceptors (Lipinski definition) is 2. The molecule has 0 aliphatic heterocycles. The van der Waals surface area contributed by atoms with E-state index in [-0.39, 0.29) is 0 Å². The third-order valence-electron chi connectivity index (χ3n) is 2.30. The lowest BCUT2D eigenvalue weighted by molar-refractivity contribution is 0.404. The van der Waals surface area contributed by atoms with Crippen LogP contribution in [0.1, 0.15) is 32.1 Å². The highest BCUT2D eigenvalue weighted by Crippen LogP contribution is 2.56. The zero-order valence-corrected chi connectivity index (χ0v) is 10.8. The molecule has 1 unspecified atom stereocenters. The maximum absolute atomic E-state index is 10.00. The van der Waals surface area contributed by atoms with E-state index in [1.54, 1.807) is 18.0 Å². The molecule has 0 aromatic carbocycles. The maximum atomic E-state index is 10.00. The fraction of sp³-hybridized carbons (Fsp3) is 1.00. The van der Waals surface area contributed by atoms with E-state index in [2.05, 4.69) is 0 Å². The summed E-state index contributed by atoms with van der Waals surface area (Å²) in [6.45, 7) is 0. The van der Waals surface area contributed by atoms with Gasteiger partial charge in [0.1, 0.15) is 0 Å². The average Bonchev–Trinajstić information content (AvgIpc) is 2.19. The van der Waals surface area contributed by atoms with Gasteiger partial charge in [-0.25, -0.2) is 0 Å². The SMILES string of the molecule is COP(O)(SC)=[S+]C1CCCCC1. The van der Waals surface area contributed by atoms with E-state index in [1.165, 1.54) is 43.5 Å². The normalized spacial score (nSPS) is 23.9. The summed E-state index contributed by atoms with van der Waals surface area (Å²) < 4.78 is 5.18. The lowest BCUT2D eigenvalue weighted by atomic mass is 10.0. The van der Waals surface area contributed by atoms with Crippen molar-refractivity contribution in [3.8, 4) is 0 Å². The highest BCUT2D eigenvalue weighted by atomic mass is 32.9. The molecule has 0 spiro atoms. The summed E-state index contributed by atoms with van der Waals surface area (Å²) in [5.41, 5.74) is -2.17. The smallest absolute Gasteiger partial charge is 0.304 e. The predicted molar refractivity (Wildman–Crippen MR) is 63.9 cm³/mol. The van der Waals surface area contributed by atoms with Crippen molar-refractivity contribution in [2.45, 2.75) is 37.4 Å². The Balaban J connectivity index is 2.59. The van der Waals surface area contributed by atoms with Gasteiger partial charge in [-0.05, 0) is 30.5 Å². The Morgan fingerprint density at radius 2 is 2.00 bits per heavy atom. The van der Waals surface area contributed by atoms with Crippen molar-refractivity contribution in [3.05, 3.63) is 0 Å². The minimum absolute atomic E-state index is 0.625. The predicted octanol–water partition coefficient (Wildman–Crippen LogP) is 3.08. The minimum atomic E-state index is -2.17. The zero-order valence-electron chi connectivity index (χ0n) is 8.23. The monoisotopic (exact) mass is 241 g/mol. The molecular weight excluding hydrogens is 223 g/mol. The molecule has 1 saturated carbocycles. The third-order valence-corrected chi connectivity index (χ3v) is 10.3. The van der Waals surface area contributed by atoms with Crippen LogP contribution in [0.3, 0.4) is 0 Å². The fourth-order valence-electron chi connectivity index (χ4n) is 1.52. The molecule has 0 bridgehead atoms. The lowest BCUT2D eigenvalue weighted by Crippen LogP contribution is -2.10. The number of hydrogen-bond donors (Lipinski definition) is 1. The lowest BCUT2D eigenvalue weighted by Gasteiger charge is -2.11. The molecule has 1 aliphatic carbocycles. The first-order valence-corrected chi connectivity index (χ1v) is 9.59. The van der Waals surface area contributed by atoms with E-state index in [1.807, 2.05) is 6.26 Å². The summed E-state index contributed by atoms with van der Waals surface area (Å²) in [5, 5.41) is 0.625. The molecule has 1 atom stereocenters. The highest BCUT2D eigenvalue weighted by molar-refractivity contribution is 8.69. The van der Waals surface area contributed by atoms with Gasteiger partial charge in [-0.3, -0.25) is 4.52 Å². The molecule has 0 amide bonds. The molecule has 0 saturated heterocycles. The summed E-state index contributed by atoms with van der Waals surface area (Å²) in [4.78, 5) is 10.00. The summed E-state index contributed by atoms with van der Waals surface area (Å²) in [5.74, 6) is 0. The summed E-state index contributed by atoms with van der Waals surface area (Å²) in [6.07, 6.45) is 8.41. The molecule has 13 heavy (non-hydrogen) atoms. The second kappa shape index (κ2) is 5.72. The first kappa shape index (κ1) is 12.0. The number of rotatable bonds is 3. The maximum Gasteiger partial charge on any atom is 0.432 e. The molecule has 0 aromatic rings. The van der Waals surface area contributed by atoms with Crippen LogP contribution < -0.4 is 0 Å². The second-order valence-electron chi connectivity index (χ2n) is 3.20. The van der Waals surface area contributed by atoms with Crippen molar-refractivity contribution >= 4 is 28.0 Å². The van der Waals surface area contributed by atoms with Crippen molar-refractivity contribution in [1.82, 2.24) is 0 Å². The Labute approximate surface area is 88.3 Å². The Bertz CT molecular complexity index is 194. The minimum Gasteiger partial charge on any atom is -0.304 e. The quantitative estimate of drug-likeness (QED) is 0.608. The molecule has 1 rings (SSSR count). The van der Waals surface area contributed by atoms with Gasteiger partial charge in [0.25, 0.3) is 0 Å². The van der Waals surface area contributed by atoms with Gasteiger partial charge >= 0.3 is 5.69 Å². The Morgan fingerprint density at radius 3 is 2.46 bits per heavy atom. The van der Waals surface area contributed by atoms with Crippen LogP contribution in [0.2, 0.25) is 0 Å². The molecule has 1 N–H and O–H groups in total. The Hall–Kier alpha value is 0.920. The first-order chi connectivity index (χ1) is 6.20. The summed E-state index contributed by atoms with van der Waals surface area (Å²) in [7, 11) is 3.29. The van der Waals surface area contributed by atoms with Crippen LogP contribution in [0, 0.1) is 0 Å². The molecule has 1 fully saturated rings. The van der Waals surface area contributed by atoms with Gasteiger partial charge in [-0.2, -0.15) is 0 Å². The van der Waals surface area contributed by atoms with E-state index in [0.717, 1.165) is 0 Å². The van der Waals surface area contributed by atoms with E-state index in [9.17, 15) is 4.89 Å². The third kappa shape index (κ3) is 3.88. The van der Waals surface area contributed by atoms with Crippen molar-refractivity contribution in [2.75, 3.05) is 13.4 Å². The van der Waals surface area contributed by atoms with Gasteiger partial charge in [0.05, 0.1) is 0 Å². The van der Waals surface area contributed by atoms with E-state index >= 15 is 0 Å². The largest absolute Gasteiger partial charge is 0.432 e. The Kier molecular flexibility index (Phi) is 5.27. The van der Waals surface area contributed by atoms with Crippen molar-refractivity contribution < 1.29 is 9.42 Å². The molecule has 0 radical (unpaired) electrons. The van der Waals surface area contributed by atoms with E-state index < -0.39 is 5.69 Å². The van der Waals surface area contributed by atoms with Gasteiger partial charge in [0.15, 0.2) is 5.25 Å². The highest BCUT2D eigenvalue weighted by Gasteiger charge is 2.32. The van der Waals surface area contributed by atoms with Crippen molar-refractivity contribution in [3.63, 3.8) is 0 Å². The van der Waals surface area contributed by atoms with Gasteiger partial charge in [-0.1, -0.05) is 6.42 Å². The van der Waals surface area contributed by atoms with Crippen molar-refractivity contribution in [2.24, 2.45) is 0 Å². The van der Waals surface area contributed by atoms with Crippen LogP contribution in [-0.4, -0.2) is 23.5 Å². The van der Waals surface area contributed by atoms with Crippen LogP contribution in [-0.2, 0) is 15.5 Å². The zero-order chi connectivity index (χ0) is 9.73. The van der Waals surface area contributed by atoms with Crippen LogP contribution in [0.15, 0.2) is 0 Å². The van der Waals surface area contributed by atoms with Crippen LogP contribution in [0.4, 0.5) is 0 Å². The fourth-order valence-corrected chi connectivity index (χ4v) is 7.36. The van der Waals surface area contributed by atoms with Crippen LogP contribution in [0.25, 0.3) is 0 Å². The molecule has 78 valence electrons. The average molecular weight is 241 g/mol. The molecular formula is C8H18O2PS2+. The van der Waals surface area contributed by atoms with E-state index in [0.29, 0.717) is 5.25 Å². The molecule has 0 heterocycles. The topological polar surface area (TPSA) is 29.5 Å². The van der Waals surface area contributed by atoms with Crippen LogP contribution in [0.5, 0.6) is 0 Å². The molecule has 0 aromatic heterocycles. The van der Waals surface area contributed by atoms with Gasteiger partial charge in [0.2, 0.25) is 10.9 Å². The second-order valence-corrected chi connectivity index (χ2v) is 11.1. The molecule has 2 nitrogen and oxygen atoms in total. The van der Waals surface area contributed by atoms with Crippen molar-refractivity contribution in [1.29, 1.82) is 0 Å². The van der Waals surface area contributed by atoms with Gasteiger partial charge < -0.3 is 4.89 Å².